The van der Waals surface area contributed by atoms with Gasteiger partial charge in [-0.1, -0.05) is 36.4 Å². The molecular formula is C23H19N3O4. The Labute approximate surface area is 173 Å². The lowest BCUT2D eigenvalue weighted by molar-refractivity contribution is -0.118. The summed E-state index contributed by atoms with van der Waals surface area (Å²) in [4.78, 5) is 25.1. The Morgan fingerprint density at radius 3 is 2.23 bits per heavy atom. The number of nitrogens with one attached hydrogen (secondary N) is 2. The molecule has 150 valence electrons. The van der Waals surface area contributed by atoms with Crippen molar-refractivity contribution in [3.63, 3.8) is 0 Å². The van der Waals surface area contributed by atoms with Crippen molar-refractivity contribution in [2.45, 2.75) is 0 Å². The van der Waals surface area contributed by atoms with Crippen LogP contribution in [0.1, 0.15) is 15.9 Å². The summed E-state index contributed by atoms with van der Waals surface area (Å²) in [5.74, 6) is -0.0132. The monoisotopic (exact) mass is 401 g/mol. The first-order valence-corrected chi connectivity index (χ1v) is 9.07. The van der Waals surface area contributed by atoms with Crippen molar-refractivity contribution < 1.29 is 19.1 Å². The Balaban J connectivity index is 1.69. The third-order valence-electron chi connectivity index (χ3n) is 4.17. The molecule has 0 bridgehead atoms. The smallest absolute Gasteiger partial charge is 0.262 e. The minimum atomic E-state index is -0.458. The summed E-state index contributed by atoms with van der Waals surface area (Å²) in [7, 11) is 1.52. The quantitative estimate of drug-likeness (QED) is 0.627. The Morgan fingerprint density at radius 1 is 0.867 bits per heavy atom. The molecule has 3 aromatic carbocycles. The maximum atomic E-state index is 12.8. The van der Waals surface area contributed by atoms with Crippen LogP contribution in [0.3, 0.4) is 0 Å². The second-order valence-corrected chi connectivity index (χ2v) is 6.14. The first-order valence-electron chi connectivity index (χ1n) is 9.07. The van der Waals surface area contributed by atoms with Crippen molar-refractivity contribution in [2.24, 2.45) is 0 Å². The van der Waals surface area contributed by atoms with Gasteiger partial charge in [0, 0.05) is 0 Å². The average molecular weight is 401 g/mol. The molecule has 2 amide bonds. The number of benzene rings is 3. The summed E-state index contributed by atoms with van der Waals surface area (Å²) in [5, 5.41) is 14.5. The number of amides is 2. The lowest BCUT2D eigenvalue weighted by atomic mass is 10.1. The van der Waals surface area contributed by atoms with Gasteiger partial charge in [0.05, 0.1) is 29.6 Å². The zero-order valence-electron chi connectivity index (χ0n) is 16.2. The third-order valence-corrected chi connectivity index (χ3v) is 4.17. The zero-order valence-corrected chi connectivity index (χ0v) is 16.2. The largest absolute Gasteiger partial charge is 0.495 e. The highest BCUT2D eigenvalue weighted by atomic mass is 16.5. The molecule has 0 fully saturated rings. The van der Waals surface area contributed by atoms with E-state index in [0.717, 1.165) is 0 Å². The summed E-state index contributed by atoms with van der Waals surface area (Å²) in [6, 6.07) is 22.3. The fourth-order valence-corrected chi connectivity index (χ4v) is 2.74. The molecule has 3 aromatic rings. The standard InChI is InChI=1S/C23H19N3O4/c1-29-21-13-7-5-11-19(21)26-23(28)17-9-3-4-10-18(17)25-22(27)15-30-20-12-6-2-8-16(20)14-24/h2-13H,15H2,1H3,(H,25,27)(H,26,28). The Morgan fingerprint density at radius 2 is 1.50 bits per heavy atom. The van der Waals surface area contributed by atoms with E-state index < -0.39 is 11.8 Å². The minimum absolute atomic E-state index is 0.286. The molecule has 0 aliphatic heterocycles. The van der Waals surface area contributed by atoms with Gasteiger partial charge in [0.2, 0.25) is 0 Å². The van der Waals surface area contributed by atoms with Crippen LogP contribution >= 0.6 is 0 Å². The van der Waals surface area contributed by atoms with Crippen molar-refractivity contribution in [1.29, 1.82) is 5.26 Å². The molecule has 0 aliphatic rings. The number of rotatable bonds is 7. The minimum Gasteiger partial charge on any atom is -0.495 e. The normalized spacial score (nSPS) is 9.87. The van der Waals surface area contributed by atoms with E-state index in [4.69, 9.17) is 14.7 Å². The van der Waals surface area contributed by atoms with Gasteiger partial charge in [0.15, 0.2) is 6.61 Å². The zero-order chi connectivity index (χ0) is 21.3. The average Bonchev–Trinajstić information content (AvgIpc) is 2.78. The van der Waals surface area contributed by atoms with Crippen LogP contribution in [0.2, 0.25) is 0 Å². The summed E-state index contributed by atoms with van der Waals surface area (Å²) in [6.45, 7) is -0.304. The SMILES string of the molecule is COc1ccccc1NC(=O)c1ccccc1NC(=O)COc1ccccc1C#N. The maximum absolute atomic E-state index is 12.8. The third kappa shape index (κ3) is 4.94. The molecule has 0 saturated carbocycles. The topological polar surface area (TPSA) is 100 Å². The lowest BCUT2D eigenvalue weighted by Crippen LogP contribution is -2.23. The van der Waals surface area contributed by atoms with Gasteiger partial charge in [-0.3, -0.25) is 9.59 Å². The van der Waals surface area contributed by atoms with Crippen LogP contribution < -0.4 is 20.1 Å². The van der Waals surface area contributed by atoms with Gasteiger partial charge >= 0.3 is 0 Å². The van der Waals surface area contributed by atoms with Crippen LogP contribution in [0.15, 0.2) is 72.8 Å². The highest BCUT2D eigenvalue weighted by molar-refractivity contribution is 6.10. The Kier molecular flexibility index (Phi) is 6.64. The number of nitrogens with zero attached hydrogens (tertiary/aromatic N) is 1. The fourth-order valence-electron chi connectivity index (χ4n) is 2.74. The van der Waals surface area contributed by atoms with E-state index in [1.165, 1.54) is 7.11 Å². The van der Waals surface area contributed by atoms with Crippen molar-refractivity contribution in [3.05, 3.63) is 83.9 Å². The van der Waals surface area contributed by atoms with Crippen molar-refractivity contribution >= 4 is 23.2 Å². The molecule has 0 spiro atoms. The molecule has 0 saturated heterocycles. The number of carbonyl (C=O) groups excluding carboxylic acids is 2. The van der Waals surface area contributed by atoms with Gasteiger partial charge in [0.1, 0.15) is 17.6 Å². The molecule has 7 nitrogen and oxygen atoms in total. The molecule has 0 radical (unpaired) electrons. The summed E-state index contributed by atoms with van der Waals surface area (Å²) in [6.07, 6.45) is 0. The molecule has 0 unspecified atom stereocenters. The number of ether oxygens (including phenoxy) is 2. The lowest BCUT2D eigenvalue weighted by Gasteiger charge is -2.13. The summed E-state index contributed by atoms with van der Waals surface area (Å²) >= 11 is 0. The molecule has 30 heavy (non-hydrogen) atoms. The van der Waals surface area contributed by atoms with Crippen LogP contribution in [-0.2, 0) is 4.79 Å². The maximum Gasteiger partial charge on any atom is 0.262 e. The van der Waals surface area contributed by atoms with E-state index in [2.05, 4.69) is 10.6 Å². The molecule has 0 aliphatic carbocycles. The number of para-hydroxylation sites is 4. The number of methoxy groups -OCH3 is 1. The van der Waals surface area contributed by atoms with E-state index in [1.54, 1.807) is 72.8 Å². The second-order valence-electron chi connectivity index (χ2n) is 6.14. The summed E-state index contributed by atoms with van der Waals surface area (Å²) in [5.41, 5.74) is 1.48. The number of nitriles is 1. The highest BCUT2D eigenvalue weighted by Crippen LogP contribution is 2.25. The predicted octanol–water partition coefficient (Wildman–Crippen LogP) is 3.84. The molecule has 7 heteroatoms. The van der Waals surface area contributed by atoms with Crippen LogP contribution in [-0.4, -0.2) is 25.5 Å². The van der Waals surface area contributed by atoms with Gasteiger partial charge in [-0.15, -0.1) is 0 Å². The van der Waals surface area contributed by atoms with E-state index in [0.29, 0.717) is 28.4 Å². The fraction of sp³-hybridized carbons (Fsp3) is 0.0870. The van der Waals surface area contributed by atoms with E-state index in [1.807, 2.05) is 6.07 Å². The Bertz CT molecular complexity index is 1110. The van der Waals surface area contributed by atoms with Crippen molar-refractivity contribution in [1.82, 2.24) is 0 Å². The predicted molar refractivity (Wildman–Crippen MR) is 113 cm³/mol. The first-order chi connectivity index (χ1) is 14.6. The first kappa shape index (κ1) is 20.4. The number of hydrogen-bond acceptors (Lipinski definition) is 5. The van der Waals surface area contributed by atoms with E-state index in [9.17, 15) is 9.59 Å². The number of carbonyl (C=O) groups is 2. The van der Waals surface area contributed by atoms with E-state index >= 15 is 0 Å². The van der Waals surface area contributed by atoms with Gasteiger partial charge in [0.25, 0.3) is 11.8 Å². The molecule has 0 heterocycles. The molecular weight excluding hydrogens is 382 g/mol. The van der Waals surface area contributed by atoms with Crippen molar-refractivity contribution in [2.75, 3.05) is 24.4 Å². The van der Waals surface area contributed by atoms with Crippen LogP contribution in [0.5, 0.6) is 11.5 Å². The summed E-state index contributed by atoms with van der Waals surface area (Å²) < 4.78 is 10.7. The molecule has 3 rings (SSSR count). The number of hydrogen-bond donors (Lipinski definition) is 2. The molecule has 0 atom stereocenters. The van der Waals surface area contributed by atoms with Crippen LogP contribution in [0, 0.1) is 11.3 Å². The Hall–Kier alpha value is -4.31. The highest BCUT2D eigenvalue weighted by Gasteiger charge is 2.15. The molecule has 2 N–H and O–H groups in total. The van der Waals surface area contributed by atoms with Crippen molar-refractivity contribution in [3.8, 4) is 17.6 Å². The van der Waals surface area contributed by atoms with Gasteiger partial charge in [-0.25, -0.2) is 0 Å². The van der Waals surface area contributed by atoms with Gasteiger partial charge in [-0.2, -0.15) is 5.26 Å². The van der Waals surface area contributed by atoms with E-state index in [-0.39, 0.29) is 12.2 Å². The number of anilines is 2. The van der Waals surface area contributed by atoms with Crippen LogP contribution in [0.4, 0.5) is 11.4 Å². The van der Waals surface area contributed by atoms with Gasteiger partial charge in [-0.05, 0) is 36.4 Å². The van der Waals surface area contributed by atoms with Gasteiger partial charge < -0.3 is 20.1 Å². The van der Waals surface area contributed by atoms with Crippen LogP contribution in [0.25, 0.3) is 0 Å². The second kappa shape index (κ2) is 9.75. The molecule has 0 aromatic heterocycles.